The molecule has 1 aliphatic heterocycles. The predicted molar refractivity (Wildman–Crippen MR) is 96.2 cm³/mol. The summed E-state index contributed by atoms with van der Waals surface area (Å²) < 4.78 is 0. The lowest BCUT2D eigenvalue weighted by Crippen LogP contribution is -2.40. The van der Waals surface area contributed by atoms with Crippen LogP contribution in [0.3, 0.4) is 0 Å². The van der Waals surface area contributed by atoms with Gasteiger partial charge in [-0.1, -0.05) is 18.2 Å². The van der Waals surface area contributed by atoms with Gasteiger partial charge in [0.25, 0.3) is 5.91 Å². The summed E-state index contributed by atoms with van der Waals surface area (Å²) in [6.07, 6.45) is 6.74. The zero-order valence-corrected chi connectivity index (χ0v) is 14.2. The van der Waals surface area contributed by atoms with E-state index in [4.69, 9.17) is 0 Å². The van der Waals surface area contributed by atoms with Crippen LogP contribution in [0.2, 0.25) is 0 Å². The van der Waals surface area contributed by atoms with Gasteiger partial charge in [0.1, 0.15) is 4.88 Å². The highest BCUT2D eigenvalue weighted by Gasteiger charge is 2.25. The zero-order valence-electron chi connectivity index (χ0n) is 13.4. The summed E-state index contributed by atoms with van der Waals surface area (Å²) in [6, 6.07) is 10.5. The van der Waals surface area contributed by atoms with Gasteiger partial charge in [0.15, 0.2) is 0 Å². The number of aromatic nitrogens is 2. The highest BCUT2D eigenvalue weighted by molar-refractivity contribution is 7.11. The van der Waals surface area contributed by atoms with Gasteiger partial charge in [-0.3, -0.25) is 14.8 Å². The minimum absolute atomic E-state index is 0.127. The van der Waals surface area contributed by atoms with E-state index in [9.17, 15) is 4.79 Å². The summed E-state index contributed by atoms with van der Waals surface area (Å²) >= 11 is 1.42. The molecule has 0 saturated carbocycles. The lowest BCUT2D eigenvalue weighted by molar-refractivity contribution is 0.0678. The molecule has 0 bridgehead atoms. The first kappa shape index (κ1) is 15.3. The molecule has 1 aromatic carbocycles. The number of carbonyl (C=O) groups excluding carboxylic acids is 1. The molecule has 3 aromatic rings. The van der Waals surface area contributed by atoms with Crippen molar-refractivity contribution in [3.8, 4) is 0 Å². The second-order valence-electron chi connectivity index (χ2n) is 6.32. The summed E-state index contributed by atoms with van der Waals surface area (Å²) in [5.74, 6) is 0.628. The van der Waals surface area contributed by atoms with E-state index in [1.807, 2.05) is 17.2 Å². The number of carbonyl (C=O) groups is 1. The Hall–Kier alpha value is -2.27. The van der Waals surface area contributed by atoms with Gasteiger partial charge >= 0.3 is 0 Å². The Balaban J connectivity index is 1.51. The van der Waals surface area contributed by atoms with Crippen LogP contribution in [0.4, 0.5) is 0 Å². The van der Waals surface area contributed by atoms with Crippen molar-refractivity contribution in [2.24, 2.45) is 5.92 Å². The van der Waals surface area contributed by atoms with Crippen molar-refractivity contribution >= 4 is 28.1 Å². The average Bonchev–Trinajstić information content (AvgIpc) is 3.16. The number of piperidine rings is 1. The monoisotopic (exact) mass is 337 g/mol. The van der Waals surface area contributed by atoms with E-state index in [2.05, 4.69) is 34.2 Å². The molecule has 4 rings (SSSR count). The van der Waals surface area contributed by atoms with Crippen molar-refractivity contribution in [1.82, 2.24) is 14.9 Å². The second-order valence-corrected chi connectivity index (χ2v) is 7.20. The standard InChI is InChI=1S/C19H19N3OS/c23-19(18-11-20-13-24-18)22-9-3-4-14(12-22)10-15-5-1-7-17-16(15)6-2-8-21-17/h1-2,5-8,11,13-14H,3-4,9-10,12H2/t14-/m0/s1. The third-order valence-electron chi connectivity index (χ3n) is 4.69. The van der Waals surface area contributed by atoms with E-state index in [0.717, 1.165) is 36.3 Å². The fourth-order valence-electron chi connectivity index (χ4n) is 3.55. The number of thiazole rings is 1. The lowest BCUT2D eigenvalue weighted by Gasteiger charge is -2.32. The van der Waals surface area contributed by atoms with Crippen LogP contribution in [0.1, 0.15) is 28.1 Å². The van der Waals surface area contributed by atoms with Gasteiger partial charge in [-0.15, -0.1) is 11.3 Å². The predicted octanol–water partition coefficient (Wildman–Crippen LogP) is 3.79. The topological polar surface area (TPSA) is 46.1 Å². The van der Waals surface area contributed by atoms with Crippen LogP contribution in [0.5, 0.6) is 0 Å². The Morgan fingerprint density at radius 2 is 2.25 bits per heavy atom. The third-order valence-corrected chi connectivity index (χ3v) is 5.45. The van der Waals surface area contributed by atoms with Crippen molar-refractivity contribution in [2.45, 2.75) is 19.3 Å². The molecule has 3 heterocycles. The molecule has 0 unspecified atom stereocenters. The molecule has 1 amide bonds. The number of amides is 1. The maximum atomic E-state index is 12.6. The third kappa shape index (κ3) is 3.04. The van der Waals surface area contributed by atoms with E-state index in [-0.39, 0.29) is 5.91 Å². The maximum Gasteiger partial charge on any atom is 0.265 e. The highest BCUT2D eigenvalue weighted by Crippen LogP contribution is 2.26. The Labute approximate surface area is 145 Å². The number of likely N-dealkylation sites (tertiary alicyclic amines) is 1. The number of hydrogen-bond acceptors (Lipinski definition) is 4. The number of hydrogen-bond donors (Lipinski definition) is 0. The van der Waals surface area contributed by atoms with Gasteiger partial charge in [0, 0.05) is 24.7 Å². The minimum Gasteiger partial charge on any atom is -0.338 e. The van der Waals surface area contributed by atoms with Crippen molar-refractivity contribution in [3.63, 3.8) is 0 Å². The maximum absolute atomic E-state index is 12.6. The largest absolute Gasteiger partial charge is 0.338 e. The number of pyridine rings is 1. The Morgan fingerprint density at radius 3 is 3.12 bits per heavy atom. The van der Waals surface area contributed by atoms with Crippen LogP contribution < -0.4 is 0 Å². The Kier molecular flexibility index (Phi) is 4.26. The molecular weight excluding hydrogens is 318 g/mol. The van der Waals surface area contributed by atoms with E-state index < -0.39 is 0 Å². The van der Waals surface area contributed by atoms with Crippen LogP contribution in [0.15, 0.2) is 48.2 Å². The van der Waals surface area contributed by atoms with Gasteiger partial charge in [-0.25, -0.2) is 0 Å². The van der Waals surface area contributed by atoms with Crippen LogP contribution in [-0.2, 0) is 6.42 Å². The van der Waals surface area contributed by atoms with E-state index in [1.165, 1.54) is 28.7 Å². The van der Waals surface area contributed by atoms with Gasteiger partial charge in [-0.2, -0.15) is 0 Å². The van der Waals surface area contributed by atoms with E-state index in [1.54, 1.807) is 11.7 Å². The minimum atomic E-state index is 0.127. The number of benzene rings is 1. The van der Waals surface area contributed by atoms with Crippen LogP contribution in [0.25, 0.3) is 10.9 Å². The summed E-state index contributed by atoms with van der Waals surface area (Å²) in [5.41, 5.74) is 4.10. The fourth-order valence-corrected chi connectivity index (χ4v) is 4.14. The van der Waals surface area contributed by atoms with Crippen LogP contribution in [-0.4, -0.2) is 33.9 Å². The lowest BCUT2D eigenvalue weighted by atomic mass is 9.89. The van der Waals surface area contributed by atoms with Crippen molar-refractivity contribution in [3.05, 3.63) is 58.7 Å². The normalized spacial score (nSPS) is 18.0. The molecule has 0 spiro atoms. The quantitative estimate of drug-likeness (QED) is 0.730. The SMILES string of the molecule is O=C(c1cncs1)N1CCC[C@@H](Cc2cccc3ncccc23)C1. The van der Waals surface area contributed by atoms with E-state index >= 15 is 0 Å². The summed E-state index contributed by atoms with van der Waals surface area (Å²) in [6.45, 7) is 1.68. The molecule has 0 aliphatic carbocycles. The van der Waals surface area contributed by atoms with Gasteiger partial charge in [-0.05, 0) is 42.9 Å². The zero-order chi connectivity index (χ0) is 16.4. The molecule has 0 radical (unpaired) electrons. The van der Waals surface area contributed by atoms with Crippen molar-refractivity contribution in [2.75, 3.05) is 13.1 Å². The molecule has 4 nitrogen and oxygen atoms in total. The smallest absolute Gasteiger partial charge is 0.265 e. The molecule has 1 aliphatic rings. The number of rotatable bonds is 3. The average molecular weight is 337 g/mol. The summed E-state index contributed by atoms with van der Waals surface area (Å²) in [4.78, 5) is 23.8. The first-order valence-electron chi connectivity index (χ1n) is 8.31. The molecule has 1 fully saturated rings. The van der Waals surface area contributed by atoms with Gasteiger partial charge in [0.05, 0.1) is 17.2 Å². The van der Waals surface area contributed by atoms with Crippen LogP contribution >= 0.6 is 11.3 Å². The first-order valence-corrected chi connectivity index (χ1v) is 9.19. The van der Waals surface area contributed by atoms with Gasteiger partial charge < -0.3 is 4.90 Å². The van der Waals surface area contributed by atoms with Crippen molar-refractivity contribution in [1.29, 1.82) is 0 Å². The second kappa shape index (κ2) is 6.69. The molecule has 2 aromatic heterocycles. The molecule has 0 N–H and O–H groups in total. The van der Waals surface area contributed by atoms with Crippen molar-refractivity contribution < 1.29 is 4.79 Å². The Morgan fingerprint density at radius 1 is 1.29 bits per heavy atom. The molecule has 122 valence electrons. The van der Waals surface area contributed by atoms with Crippen LogP contribution in [0, 0.1) is 5.92 Å². The highest BCUT2D eigenvalue weighted by atomic mass is 32.1. The van der Waals surface area contributed by atoms with E-state index in [0.29, 0.717) is 5.92 Å². The molecular formula is C19H19N3OS. The molecule has 5 heteroatoms. The summed E-state index contributed by atoms with van der Waals surface area (Å²) in [7, 11) is 0. The van der Waals surface area contributed by atoms with Gasteiger partial charge in [0.2, 0.25) is 0 Å². The fraction of sp³-hybridized carbons (Fsp3) is 0.316. The Bertz CT molecular complexity index is 841. The molecule has 1 atom stereocenters. The number of nitrogens with zero attached hydrogens (tertiary/aromatic N) is 3. The molecule has 1 saturated heterocycles. The molecule has 24 heavy (non-hydrogen) atoms. The number of fused-ring (bicyclic) bond motifs is 1. The first-order chi connectivity index (χ1) is 11.8. The summed E-state index contributed by atoms with van der Waals surface area (Å²) in [5, 5.41) is 1.23.